The highest BCUT2D eigenvalue weighted by molar-refractivity contribution is 7.46. The number of phosphoric ester groups is 1. The van der Waals surface area contributed by atoms with Gasteiger partial charge in [0.2, 0.25) is 0 Å². The lowest BCUT2D eigenvalue weighted by Gasteiger charge is -2.18. The van der Waals surface area contributed by atoms with Crippen LogP contribution >= 0.6 is 7.82 Å². The molecule has 10 heteroatoms. The number of carbonyl (C=O) groups is 2. The molecule has 0 saturated carbocycles. The van der Waals surface area contributed by atoms with Crippen LogP contribution in [0.1, 0.15) is 130 Å². The molecule has 0 aromatic carbocycles. The minimum absolute atomic E-state index is 0.0811. The van der Waals surface area contributed by atoms with Crippen molar-refractivity contribution in [2.45, 2.75) is 148 Å². The molecule has 274 valence electrons. The molecule has 2 N–H and O–H groups in total. The predicted octanol–water partition coefficient (Wildman–Crippen LogP) is 9.41. The second kappa shape index (κ2) is 28.5. The zero-order valence-electron chi connectivity index (χ0n) is 29.7. The maximum atomic E-state index is 12.3. The van der Waals surface area contributed by atoms with Crippen molar-refractivity contribution in [3.63, 3.8) is 0 Å². The monoisotopic (exact) mass is 694 g/mol. The molecule has 0 aliphatic carbocycles. The molecule has 1 saturated heterocycles. The van der Waals surface area contributed by atoms with Gasteiger partial charge in [0, 0.05) is 12.8 Å². The van der Waals surface area contributed by atoms with E-state index in [1.165, 1.54) is 25.7 Å². The first kappa shape index (κ1) is 43.7. The van der Waals surface area contributed by atoms with Crippen LogP contribution in [0.3, 0.4) is 0 Å². The maximum Gasteiger partial charge on any atom is 0.469 e. The number of unbranched alkanes of at least 4 members (excludes halogenated alkanes) is 6. The van der Waals surface area contributed by atoms with Gasteiger partial charge < -0.3 is 24.0 Å². The van der Waals surface area contributed by atoms with Gasteiger partial charge >= 0.3 is 19.8 Å². The van der Waals surface area contributed by atoms with E-state index in [0.29, 0.717) is 25.0 Å². The second-order valence-corrected chi connectivity index (χ2v) is 13.9. The zero-order valence-corrected chi connectivity index (χ0v) is 30.6. The summed E-state index contributed by atoms with van der Waals surface area (Å²) in [4.78, 5) is 42.6. The Morgan fingerprint density at radius 1 is 0.708 bits per heavy atom. The fourth-order valence-electron chi connectivity index (χ4n) is 4.86. The molecule has 3 atom stereocenters. The molecule has 0 aromatic rings. The van der Waals surface area contributed by atoms with E-state index in [9.17, 15) is 14.2 Å². The van der Waals surface area contributed by atoms with Crippen LogP contribution in [0.25, 0.3) is 0 Å². The molecule has 48 heavy (non-hydrogen) atoms. The summed E-state index contributed by atoms with van der Waals surface area (Å²) in [5, 5.41) is 0. The predicted molar refractivity (Wildman–Crippen MR) is 192 cm³/mol. The largest absolute Gasteiger partial charge is 0.469 e. The molecule has 1 rings (SSSR count). The Morgan fingerprint density at radius 3 is 1.83 bits per heavy atom. The summed E-state index contributed by atoms with van der Waals surface area (Å²) in [6.45, 7) is 5.73. The van der Waals surface area contributed by atoms with E-state index >= 15 is 0 Å². The molecule has 0 bridgehead atoms. The van der Waals surface area contributed by atoms with Crippen LogP contribution in [0.15, 0.2) is 60.8 Å². The Kier molecular flexibility index (Phi) is 26.0. The van der Waals surface area contributed by atoms with Gasteiger partial charge in [-0.3, -0.25) is 14.1 Å². The molecule has 1 aliphatic rings. The van der Waals surface area contributed by atoms with Crippen LogP contribution in [0.4, 0.5) is 0 Å². The van der Waals surface area contributed by atoms with E-state index in [4.69, 9.17) is 24.0 Å². The number of ether oxygens (including phenoxy) is 3. The summed E-state index contributed by atoms with van der Waals surface area (Å²) >= 11 is 0. The Balaban J connectivity index is 2.17. The van der Waals surface area contributed by atoms with Gasteiger partial charge in [-0.25, -0.2) is 4.57 Å². The molecule has 1 aliphatic heterocycles. The highest BCUT2D eigenvalue weighted by Crippen LogP contribution is 2.36. The zero-order chi connectivity index (χ0) is 35.3. The number of carbonyl (C=O) groups excluding carboxylic acids is 2. The molecular formula is C38H63O9P. The Morgan fingerprint density at radius 2 is 1.25 bits per heavy atom. The maximum absolute atomic E-state index is 12.3. The summed E-state index contributed by atoms with van der Waals surface area (Å²) < 4.78 is 31.8. The van der Waals surface area contributed by atoms with Gasteiger partial charge in [-0.05, 0) is 57.3 Å². The van der Waals surface area contributed by atoms with Crippen LogP contribution in [0.2, 0.25) is 0 Å². The lowest BCUT2D eigenvalue weighted by Crippen LogP contribution is -2.29. The number of epoxide rings is 1. The van der Waals surface area contributed by atoms with Crippen LogP contribution in [-0.4, -0.2) is 53.3 Å². The fraction of sp³-hybridized carbons (Fsp3) is 0.684. The van der Waals surface area contributed by atoms with Crippen LogP contribution in [0, 0.1) is 5.92 Å². The summed E-state index contributed by atoms with van der Waals surface area (Å²) in [7, 11) is -4.77. The highest BCUT2D eigenvalue weighted by atomic mass is 31.2. The molecule has 1 fully saturated rings. The summed E-state index contributed by atoms with van der Waals surface area (Å²) in [5.74, 6) is -0.247. The van der Waals surface area contributed by atoms with Crippen molar-refractivity contribution in [1.29, 1.82) is 0 Å². The Labute approximate surface area is 290 Å². The van der Waals surface area contributed by atoms with E-state index in [2.05, 4.69) is 73.9 Å². The van der Waals surface area contributed by atoms with E-state index in [1.807, 2.05) is 12.2 Å². The van der Waals surface area contributed by atoms with Gasteiger partial charge in [-0.15, -0.1) is 0 Å². The molecule has 9 nitrogen and oxygen atoms in total. The van der Waals surface area contributed by atoms with Gasteiger partial charge in [-0.1, -0.05) is 126 Å². The standard InChI is InChI=1S/C38H63O9P/c1-4-5-21-27-35-36(47-35)28-23-18-14-10-8-6-7-9-11-15-20-25-30-38(40)46-34(32-45-48(41,42)43)31-44-37(39)29-24-19-16-12-13-17-22-26-33(2)3/h5,7-10,15,18,20-21,23,33-36H,4,6,11-14,16-17,19,22,24-32H2,1-3H3,(H2,41,42,43)/b9-7-,10-8-,20-15-,21-5-,23-18-/t34-,35?,36?/m1/s1. The molecule has 2 unspecified atom stereocenters. The normalized spacial score (nSPS) is 17.5. The molecule has 0 spiro atoms. The van der Waals surface area contributed by atoms with Crippen LogP contribution in [-0.2, 0) is 32.9 Å². The number of allylic oxidation sites excluding steroid dienone is 8. The summed E-state index contributed by atoms with van der Waals surface area (Å²) in [6.07, 6.45) is 35.9. The average Bonchev–Trinajstić information content (AvgIpc) is 3.79. The van der Waals surface area contributed by atoms with E-state index in [0.717, 1.165) is 63.7 Å². The van der Waals surface area contributed by atoms with Gasteiger partial charge in [0.15, 0.2) is 6.10 Å². The van der Waals surface area contributed by atoms with Crippen molar-refractivity contribution in [1.82, 2.24) is 0 Å². The van der Waals surface area contributed by atoms with Gasteiger partial charge in [-0.2, -0.15) is 0 Å². The molecular weight excluding hydrogens is 631 g/mol. The molecule has 0 radical (unpaired) electrons. The second-order valence-electron chi connectivity index (χ2n) is 12.7. The minimum atomic E-state index is -4.77. The van der Waals surface area contributed by atoms with Crippen molar-refractivity contribution < 1.29 is 42.7 Å². The Hall–Kier alpha value is -2.29. The number of phosphoric acid groups is 1. The Bertz CT molecular complexity index is 1040. The minimum Gasteiger partial charge on any atom is -0.462 e. The fourth-order valence-corrected chi connectivity index (χ4v) is 5.22. The molecule has 0 aromatic heterocycles. The quantitative estimate of drug-likeness (QED) is 0.0248. The first-order valence-electron chi connectivity index (χ1n) is 18.1. The van der Waals surface area contributed by atoms with E-state index in [1.54, 1.807) is 0 Å². The smallest absolute Gasteiger partial charge is 0.462 e. The van der Waals surface area contributed by atoms with Crippen molar-refractivity contribution >= 4 is 19.8 Å². The summed E-state index contributed by atoms with van der Waals surface area (Å²) in [6, 6.07) is 0. The SMILES string of the molecule is CC/C=C\CC1OC1C/C=C\C/C=C\C/C=C\C/C=C\CCC(=O)O[C@H](COC(=O)CCCCCCCCCC(C)C)COP(=O)(O)O. The summed E-state index contributed by atoms with van der Waals surface area (Å²) in [5.41, 5.74) is 0. The highest BCUT2D eigenvalue weighted by Gasteiger charge is 2.35. The number of rotatable bonds is 30. The average molecular weight is 695 g/mol. The lowest BCUT2D eigenvalue weighted by molar-refractivity contribution is -0.161. The lowest BCUT2D eigenvalue weighted by atomic mass is 10.0. The third-order valence-corrected chi connectivity index (χ3v) is 8.13. The topological polar surface area (TPSA) is 132 Å². The number of hydrogen-bond acceptors (Lipinski definition) is 7. The van der Waals surface area contributed by atoms with Crippen molar-refractivity contribution in [2.24, 2.45) is 5.92 Å². The molecule has 1 heterocycles. The van der Waals surface area contributed by atoms with Crippen molar-refractivity contribution in [2.75, 3.05) is 13.2 Å². The molecule has 0 amide bonds. The number of esters is 2. The van der Waals surface area contributed by atoms with Crippen LogP contribution < -0.4 is 0 Å². The van der Waals surface area contributed by atoms with Crippen LogP contribution in [0.5, 0.6) is 0 Å². The third kappa shape index (κ3) is 28.7. The van der Waals surface area contributed by atoms with E-state index < -0.39 is 32.5 Å². The van der Waals surface area contributed by atoms with Gasteiger partial charge in [0.05, 0.1) is 18.8 Å². The number of hydrogen-bond donors (Lipinski definition) is 2. The first-order valence-corrected chi connectivity index (χ1v) is 19.6. The third-order valence-electron chi connectivity index (χ3n) is 7.64. The van der Waals surface area contributed by atoms with Gasteiger partial charge in [0.25, 0.3) is 0 Å². The van der Waals surface area contributed by atoms with Crippen molar-refractivity contribution in [3.8, 4) is 0 Å². The van der Waals surface area contributed by atoms with E-state index in [-0.39, 0.29) is 19.4 Å². The van der Waals surface area contributed by atoms with Gasteiger partial charge in [0.1, 0.15) is 6.61 Å². The van der Waals surface area contributed by atoms with Crippen molar-refractivity contribution in [3.05, 3.63) is 60.8 Å². The first-order chi connectivity index (χ1) is 23.1.